The third-order valence-corrected chi connectivity index (χ3v) is 3.38. The molecular weight excluding hydrogens is 280 g/mol. The number of esters is 1. The first-order chi connectivity index (χ1) is 10.7. The predicted octanol–water partition coefficient (Wildman–Crippen LogP) is 2.99. The van der Waals surface area contributed by atoms with Crippen LogP contribution < -0.4 is 0 Å². The van der Waals surface area contributed by atoms with Crippen LogP contribution in [0.1, 0.15) is 27.8 Å². The molecule has 0 aliphatic rings. The molecule has 0 bridgehead atoms. The number of hydrogen-bond donors (Lipinski definition) is 1. The first-order valence-electron chi connectivity index (χ1n) is 6.90. The largest absolute Gasteiger partial charge is 0.449 e. The van der Waals surface area contributed by atoms with E-state index in [0.717, 1.165) is 5.52 Å². The zero-order valence-electron chi connectivity index (χ0n) is 11.9. The van der Waals surface area contributed by atoms with E-state index in [-0.39, 0.29) is 11.5 Å². The van der Waals surface area contributed by atoms with Gasteiger partial charge in [-0.2, -0.15) is 5.10 Å². The maximum Gasteiger partial charge on any atom is 0.360 e. The maximum atomic E-state index is 12.2. The Morgan fingerprint density at radius 1 is 1.05 bits per heavy atom. The lowest BCUT2D eigenvalue weighted by Gasteiger charge is -2.11. The van der Waals surface area contributed by atoms with Crippen LogP contribution >= 0.6 is 0 Å². The quantitative estimate of drug-likeness (QED) is 0.593. The number of nitrogens with one attached hydrogen (secondary N) is 1. The van der Waals surface area contributed by atoms with E-state index in [1.54, 1.807) is 37.3 Å². The lowest BCUT2D eigenvalue weighted by atomic mass is 10.1. The summed E-state index contributed by atoms with van der Waals surface area (Å²) < 4.78 is 5.25. The van der Waals surface area contributed by atoms with Gasteiger partial charge in [-0.3, -0.25) is 9.89 Å². The van der Waals surface area contributed by atoms with Gasteiger partial charge in [0.1, 0.15) is 0 Å². The number of benzene rings is 2. The number of carbonyl (C=O) groups is 2. The van der Waals surface area contributed by atoms with Gasteiger partial charge in [-0.25, -0.2) is 4.79 Å². The number of nitrogens with zero attached hydrogens (tertiary/aromatic N) is 1. The van der Waals surface area contributed by atoms with Gasteiger partial charge >= 0.3 is 5.97 Å². The minimum atomic E-state index is -0.870. The Hall–Kier alpha value is -2.95. The molecular formula is C17H14N2O3. The number of ether oxygens (including phenoxy) is 1. The zero-order valence-corrected chi connectivity index (χ0v) is 11.9. The van der Waals surface area contributed by atoms with Gasteiger partial charge < -0.3 is 4.74 Å². The zero-order chi connectivity index (χ0) is 15.5. The van der Waals surface area contributed by atoms with Crippen LogP contribution in [0.2, 0.25) is 0 Å². The van der Waals surface area contributed by atoms with Gasteiger partial charge in [0.05, 0.1) is 5.52 Å². The molecule has 0 aliphatic carbocycles. The van der Waals surface area contributed by atoms with E-state index in [0.29, 0.717) is 10.9 Å². The minimum Gasteiger partial charge on any atom is -0.449 e. The van der Waals surface area contributed by atoms with Gasteiger partial charge in [-0.15, -0.1) is 0 Å². The minimum absolute atomic E-state index is 0.184. The summed E-state index contributed by atoms with van der Waals surface area (Å²) in [5, 5.41) is 7.41. The average molecular weight is 294 g/mol. The average Bonchev–Trinajstić information content (AvgIpc) is 2.99. The number of ketones is 1. The highest BCUT2D eigenvalue weighted by Gasteiger charge is 2.22. The summed E-state index contributed by atoms with van der Waals surface area (Å²) in [6, 6.07) is 16.0. The predicted molar refractivity (Wildman–Crippen MR) is 81.7 cm³/mol. The molecule has 0 saturated carbocycles. The molecule has 1 N–H and O–H groups in total. The van der Waals surface area contributed by atoms with Crippen molar-refractivity contribution in [2.45, 2.75) is 13.0 Å². The van der Waals surface area contributed by atoms with E-state index >= 15 is 0 Å². The van der Waals surface area contributed by atoms with Gasteiger partial charge in [-0.1, -0.05) is 48.5 Å². The molecule has 0 spiro atoms. The first kappa shape index (κ1) is 14.0. The van der Waals surface area contributed by atoms with E-state index in [2.05, 4.69) is 10.2 Å². The number of fused-ring (bicyclic) bond motifs is 1. The van der Waals surface area contributed by atoms with Gasteiger partial charge in [0.15, 0.2) is 11.8 Å². The Bertz CT molecular complexity index is 824. The molecule has 0 fully saturated rings. The number of aromatic nitrogens is 2. The molecule has 0 amide bonds. The van der Waals surface area contributed by atoms with Crippen LogP contribution in [0.4, 0.5) is 0 Å². The fraction of sp³-hybridized carbons (Fsp3) is 0.118. The Morgan fingerprint density at radius 3 is 2.50 bits per heavy atom. The second kappa shape index (κ2) is 5.81. The van der Waals surface area contributed by atoms with Gasteiger partial charge in [0.2, 0.25) is 5.78 Å². The van der Waals surface area contributed by atoms with Gasteiger partial charge in [0, 0.05) is 10.9 Å². The molecule has 5 nitrogen and oxygen atoms in total. The van der Waals surface area contributed by atoms with E-state index in [9.17, 15) is 9.59 Å². The van der Waals surface area contributed by atoms with Gasteiger partial charge in [0.25, 0.3) is 0 Å². The molecule has 110 valence electrons. The van der Waals surface area contributed by atoms with Crippen LogP contribution in [0.5, 0.6) is 0 Å². The fourth-order valence-corrected chi connectivity index (χ4v) is 2.23. The Balaban J connectivity index is 1.78. The van der Waals surface area contributed by atoms with Crippen LogP contribution in [0.3, 0.4) is 0 Å². The van der Waals surface area contributed by atoms with E-state index in [4.69, 9.17) is 4.74 Å². The van der Waals surface area contributed by atoms with Crippen molar-refractivity contribution in [3.05, 3.63) is 65.9 Å². The van der Waals surface area contributed by atoms with E-state index in [1.165, 1.54) is 0 Å². The molecule has 0 aliphatic heterocycles. The SMILES string of the molecule is C[C@@H](OC(=O)c1n[nH]c2ccccc12)C(=O)c1ccccc1. The van der Waals surface area contributed by atoms with Crippen LogP contribution in [0, 0.1) is 0 Å². The number of H-pyrrole nitrogens is 1. The number of hydrogen-bond acceptors (Lipinski definition) is 4. The van der Waals surface area contributed by atoms with Crippen molar-refractivity contribution in [2.24, 2.45) is 0 Å². The molecule has 3 rings (SSSR count). The van der Waals surface area contributed by atoms with Crippen LogP contribution in [0.15, 0.2) is 54.6 Å². The molecule has 3 aromatic rings. The fourth-order valence-electron chi connectivity index (χ4n) is 2.23. The summed E-state index contributed by atoms with van der Waals surface area (Å²) in [7, 11) is 0. The number of aromatic amines is 1. The van der Waals surface area contributed by atoms with Crippen molar-refractivity contribution in [1.82, 2.24) is 10.2 Å². The number of carbonyl (C=O) groups excluding carboxylic acids is 2. The monoisotopic (exact) mass is 294 g/mol. The van der Waals surface area contributed by atoms with E-state index < -0.39 is 12.1 Å². The van der Waals surface area contributed by atoms with Crippen molar-refractivity contribution < 1.29 is 14.3 Å². The normalized spacial score (nSPS) is 12.0. The number of para-hydroxylation sites is 1. The molecule has 1 aromatic heterocycles. The molecule has 1 heterocycles. The second-order valence-corrected chi connectivity index (χ2v) is 4.90. The topological polar surface area (TPSA) is 72.0 Å². The summed E-state index contributed by atoms with van der Waals surface area (Å²) in [5.74, 6) is -0.858. The maximum absolute atomic E-state index is 12.2. The first-order valence-corrected chi connectivity index (χ1v) is 6.90. The summed E-state index contributed by atoms with van der Waals surface area (Å²) >= 11 is 0. The highest BCUT2D eigenvalue weighted by Crippen LogP contribution is 2.17. The van der Waals surface area contributed by atoms with Crippen LogP contribution in [0.25, 0.3) is 10.9 Å². The van der Waals surface area contributed by atoms with Crippen molar-refractivity contribution in [2.75, 3.05) is 0 Å². The number of Topliss-reactive ketones (excluding diaryl/α,β-unsaturated/α-hetero) is 1. The third kappa shape index (κ3) is 2.61. The summed E-state index contributed by atoms with van der Waals surface area (Å²) in [6.45, 7) is 1.56. The molecule has 1 atom stereocenters. The number of rotatable bonds is 4. The lowest BCUT2D eigenvalue weighted by molar-refractivity contribution is 0.0315. The molecule has 22 heavy (non-hydrogen) atoms. The van der Waals surface area contributed by atoms with E-state index in [1.807, 2.05) is 24.3 Å². The highest BCUT2D eigenvalue weighted by atomic mass is 16.5. The Labute approximate surface area is 126 Å². The summed E-state index contributed by atoms with van der Waals surface area (Å²) in [5.41, 5.74) is 1.44. The third-order valence-electron chi connectivity index (χ3n) is 3.38. The van der Waals surface area contributed by atoms with Crippen molar-refractivity contribution in [3.8, 4) is 0 Å². The lowest BCUT2D eigenvalue weighted by Crippen LogP contribution is -2.24. The molecule has 5 heteroatoms. The van der Waals surface area contributed by atoms with Crippen molar-refractivity contribution in [3.63, 3.8) is 0 Å². The Kier molecular flexibility index (Phi) is 3.70. The van der Waals surface area contributed by atoms with Crippen molar-refractivity contribution >= 4 is 22.7 Å². The highest BCUT2D eigenvalue weighted by molar-refractivity contribution is 6.04. The van der Waals surface area contributed by atoms with Crippen molar-refractivity contribution in [1.29, 1.82) is 0 Å². The molecule has 0 unspecified atom stereocenters. The molecule has 0 radical (unpaired) electrons. The van der Waals surface area contributed by atoms with Crippen LogP contribution in [-0.2, 0) is 4.74 Å². The smallest absolute Gasteiger partial charge is 0.360 e. The summed E-state index contributed by atoms with van der Waals surface area (Å²) in [4.78, 5) is 24.4. The second-order valence-electron chi connectivity index (χ2n) is 4.90. The van der Waals surface area contributed by atoms with Crippen LogP contribution in [-0.4, -0.2) is 28.1 Å². The Morgan fingerprint density at radius 2 is 1.73 bits per heavy atom. The molecule has 0 saturated heterocycles. The van der Waals surface area contributed by atoms with Gasteiger partial charge in [-0.05, 0) is 13.0 Å². The summed E-state index contributed by atoms with van der Waals surface area (Å²) in [6.07, 6.45) is -0.870. The molecule has 2 aromatic carbocycles. The standard InChI is InChI=1S/C17H14N2O3/c1-11(16(20)12-7-3-2-4-8-12)22-17(21)15-13-9-5-6-10-14(13)18-19-15/h2-11H,1H3,(H,18,19)/t11-/m1/s1.